The van der Waals surface area contributed by atoms with Gasteiger partial charge in [-0.25, -0.2) is 0 Å². The molecular weight excluding hydrogens is 396 g/mol. The molecule has 4 nitrogen and oxygen atoms in total. The first-order valence-electron chi connectivity index (χ1n) is 10.9. The fourth-order valence-corrected chi connectivity index (χ4v) is 4.76. The maximum atomic E-state index is 6.20. The average molecular weight is 416 g/mol. The van der Waals surface area contributed by atoms with E-state index in [2.05, 4.69) is 77.5 Å². The molecule has 0 bridgehead atoms. The summed E-state index contributed by atoms with van der Waals surface area (Å²) in [6.45, 7) is 0. The van der Waals surface area contributed by atoms with Crippen molar-refractivity contribution in [2.75, 3.05) is 0 Å². The van der Waals surface area contributed by atoms with Crippen LogP contribution in [0.1, 0.15) is 5.56 Å². The summed E-state index contributed by atoms with van der Waals surface area (Å²) in [4.78, 5) is 0. The number of para-hydroxylation sites is 1. The summed E-state index contributed by atoms with van der Waals surface area (Å²) >= 11 is 0. The zero-order valence-electron chi connectivity index (χ0n) is 17.2. The maximum Gasteiger partial charge on any atom is 0.136 e. The fourth-order valence-electron chi connectivity index (χ4n) is 4.76. The molecule has 154 valence electrons. The molecule has 4 heterocycles. The molecule has 0 aliphatic carbocycles. The normalized spacial score (nSPS) is 20.2. The van der Waals surface area contributed by atoms with Gasteiger partial charge in [0.1, 0.15) is 22.3 Å². The van der Waals surface area contributed by atoms with Crippen molar-refractivity contribution in [1.29, 1.82) is 0 Å². The number of dihydropyridines is 2. The van der Waals surface area contributed by atoms with Crippen LogP contribution in [0.4, 0.5) is 0 Å². The Labute approximate surface area is 184 Å². The van der Waals surface area contributed by atoms with Crippen LogP contribution in [-0.4, -0.2) is 12.1 Å². The Kier molecular flexibility index (Phi) is 3.64. The van der Waals surface area contributed by atoms with Gasteiger partial charge in [0.15, 0.2) is 0 Å². The van der Waals surface area contributed by atoms with Gasteiger partial charge in [-0.3, -0.25) is 0 Å². The number of hydrogen-bond donors (Lipinski definition) is 2. The molecule has 0 fully saturated rings. The van der Waals surface area contributed by atoms with E-state index in [9.17, 15) is 0 Å². The maximum absolute atomic E-state index is 6.20. The highest BCUT2D eigenvalue weighted by Crippen LogP contribution is 2.37. The number of nitrogens with one attached hydrogen (secondary N) is 2. The number of furan rings is 2. The first kappa shape index (κ1) is 17.5. The van der Waals surface area contributed by atoms with Gasteiger partial charge >= 0.3 is 0 Å². The first-order valence-corrected chi connectivity index (χ1v) is 10.9. The van der Waals surface area contributed by atoms with Crippen molar-refractivity contribution < 1.29 is 8.83 Å². The predicted octanol–water partition coefficient (Wildman–Crippen LogP) is 6.40. The molecule has 2 aliphatic rings. The summed E-state index contributed by atoms with van der Waals surface area (Å²) in [5, 5.41) is 11.3. The molecule has 5 aromatic rings. The molecule has 2 aliphatic heterocycles. The molecule has 32 heavy (non-hydrogen) atoms. The largest absolute Gasteiger partial charge is 0.456 e. The smallest absolute Gasteiger partial charge is 0.136 e. The molecule has 0 saturated heterocycles. The third kappa shape index (κ3) is 2.63. The second kappa shape index (κ2) is 6.66. The topological polar surface area (TPSA) is 50.3 Å². The highest BCUT2D eigenvalue weighted by Gasteiger charge is 2.19. The van der Waals surface area contributed by atoms with E-state index in [0.29, 0.717) is 0 Å². The minimum Gasteiger partial charge on any atom is -0.456 e. The molecule has 0 saturated carbocycles. The summed E-state index contributed by atoms with van der Waals surface area (Å²) in [5.74, 6) is 0. The molecule has 3 aromatic carbocycles. The van der Waals surface area contributed by atoms with Gasteiger partial charge < -0.3 is 19.5 Å². The molecule has 2 aromatic heterocycles. The first-order chi connectivity index (χ1) is 15.8. The summed E-state index contributed by atoms with van der Waals surface area (Å²) < 4.78 is 12.3. The highest BCUT2D eigenvalue weighted by atomic mass is 16.3. The van der Waals surface area contributed by atoms with E-state index < -0.39 is 0 Å². The summed E-state index contributed by atoms with van der Waals surface area (Å²) in [7, 11) is 0. The van der Waals surface area contributed by atoms with E-state index in [0.717, 1.165) is 55.0 Å². The van der Waals surface area contributed by atoms with Gasteiger partial charge in [-0.1, -0.05) is 48.6 Å². The van der Waals surface area contributed by atoms with Crippen molar-refractivity contribution in [1.82, 2.24) is 10.6 Å². The molecule has 0 radical (unpaired) electrons. The fraction of sp³-hybridized carbons (Fsp3) is 0.0714. The van der Waals surface area contributed by atoms with Crippen LogP contribution in [0.15, 0.2) is 106 Å². The van der Waals surface area contributed by atoms with Crippen molar-refractivity contribution >= 4 is 49.5 Å². The van der Waals surface area contributed by atoms with Crippen LogP contribution < -0.4 is 10.6 Å². The summed E-state index contributed by atoms with van der Waals surface area (Å²) in [6.07, 6.45) is 14.7. The van der Waals surface area contributed by atoms with E-state index in [1.165, 1.54) is 0 Å². The van der Waals surface area contributed by atoms with Gasteiger partial charge in [-0.05, 0) is 53.7 Å². The molecular formula is C28H20N2O2. The van der Waals surface area contributed by atoms with Gasteiger partial charge in [0.25, 0.3) is 0 Å². The Morgan fingerprint density at radius 3 is 2.16 bits per heavy atom. The van der Waals surface area contributed by atoms with Crippen LogP contribution in [0.3, 0.4) is 0 Å². The van der Waals surface area contributed by atoms with E-state index in [-0.39, 0.29) is 12.1 Å². The third-order valence-electron chi connectivity index (χ3n) is 6.42. The van der Waals surface area contributed by atoms with E-state index in [1.54, 1.807) is 0 Å². The van der Waals surface area contributed by atoms with Crippen molar-refractivity contribution in [3.05, 3.63) is 103 Å². The van der Waals surface area contributed by atoms with Crippen LogP contribution in [0.5, 0.6) is 0 Å². The van der Waals surface area contributed by atoms with E-state index >= 15 is 0 Å². The lowest BCUT2D eigenvalue weighted by atomic mass is 9.97. The lowest BCUT2D eigenvalue weighted by Gasteiger charge is -2.27. The van der Waals surface area contributed by atoms with Gasteiger partial charge in [0.2, 0.25) is 0 Å². The molecule has 2 N–H and O–H groups in total. The molecule has 0 amide bonds. The molecule has 2 unspecified atom stereocenters. The van der Waals surface area contributed by atoms with E-state index in [1.807, 2.05) is 30.5 Å². The van der Waals surface area contributed by atoms with Gasteiger partial charge in [-0.15, -0.1) is 0 Å². The Morgan fingerprint density at radius 1 is 0.625 bits per heavy atom. The lowest BCUT2D eigenvalue weighted by molar-refractivity contribution is 0.560. The highest BCUT2D eigenvalue weighted by molar-refractivity contribution is 6.15. The number of allylic oxidation sites excluding steroid dienone is 4. The second-order valence-corrected chi connectivity index (χ2v) is 8.34. The number of fused-ring (bicyclic) bond motifs is 6. The molecule has 0 spiro atoms. The zero-order valence-corrected chi connectivity index (χ0v) is 17.2. The number of rotatable bonds is 2. The SMILES string of the molecule is C1=CNC(C2C=CC(c3ccc4oc5cc6c(cc5c4c3)oc3ccccc36)=CN2)C=C1. The monoisotopic (exact) mass is 416 g/mol. The van der Waals surface area contributed by atoms with E-state index in [4.69, 9.17) is 8.83 Å². The average Bonchev–Trinajstić information content (AvgIpc) is 3.40. The minimum absolute atomic E-state index is 0.222. The summed E-state index contributed by atoms with van der Waals surface area (Å²) in [6, 6.07) is 19.2. The standard InChI is InChI=1S/C28H20N2O2/c1-2-7-25-19(5-1)21-14-28-22(15-27(21)31-25)20-13-17(9-11-26(20)32-28)18-8-10-24(30-16-18)23-6-3-4-12-29-23/h1-16,23-24,29-30H. The molecule has 4 heteroatoms. The van der Waals surface area contributed by atoms with Crippen molar-refractivity contribution in [2.24, 2.45) is 0 Å². The van der Waals surface area contributed by atoms with Crippen LogP contribution in [-0.2, 0) is 0 Å². The lowest BCUT2D eigenvalue weighted by Crippen LogP contribution is -2.43. The third-order valence-corrected chi connectivity index (χ3v) is 6.42. The predicted molar refractivity (Wildman–Crippen MR) is 130 cm³/mol. The quantitative estimate of drug-likeness (QED) is 0.350. The zero-order chi connectivity index (χ0) is 21.1. The van der Waals surface area contributed by atoms with Crippen LogP contribution in [0.2, 0.25) is 0 Å². The molecule has 2 atom stereocenters. The number of hydrogen-bond acceptors (Lipinski definition) is 4. The van der Waals surface area contributed by atoms with Crippen LogP contribution in [0, 0.1) is 0 Å². The second-order valence-electron chi connectivity index (χ2n) is 8.34. The molecule has 7 rings (SSSR count). The number of benzene rings is 3. The minimum atomic E-state index is 0.222. The Hall–Kier alpha value is -4.18. The van der Waals surface area contributed by atoms with Crippen molar-refractivity contribution in [3.63, 3.8) is 0 Å². The Bertz CT molecular complexity index is 1640. The van der Waals surface area contributed by atoms with Crippen molar-refractivity contribution in [3.8, 4) is 0 Å². The van der Waals surface area contributed by atoms with Gasteiger partial charge in [-0.2, -0.15) is 0 Å². The summed E-state index contributed by atoms with van der Waals surface area (Å²) in [5.41, 5.74) is 5.85. The van der Waals surface area contributed by atoms with Gasteiger partial charge in [0.05, 0.1) is 12.1 Å². The van der Waals surface area contributed by atoms with Gasteiger partial charge in [0, 0.05) is 27.7 Å². The Balaban J connectivity index is 1.29. The van der Waals surface area contributed by atoms with Crippen LogP contribution in [0.25, 0.3) is 49.5 Å². The Morgan fingerprint density at radius 2 is 1.38 bits per heavy atom. The van der Waals surface area contributed by atoms with Crippen molar-refractivity contribution in [2.45, 2.75) is 12.1 Å². The van der Waals surface area contributed by atoms with Crippen LogP contribution >= 0.6 is 0 Å².